The van der Waals surface area contributed by atoms with Gasteiger partial charge in [0.15, 0.2) is 0 Å². The second-order valence-corrected chi connectivity index (χ2v) is 10.9. The number of piperazine rings is 1. The van der Waals surface area contributed by atoms with Gasteiger partial charge in [-0.05, 0) is 61.3 Å². The van der Waals surface area contributed by atoms with Gasteiger partial charge < -0.3 is 14.8 Å². The molecule has 1 aromatic heterocycles. The van der Waals surface area contributed by atoms with Gasteiger partial charge in [0.25, 0.3) is 5.91 Å². The Bertz CT molecular complexity index is 1620. The number of aryl methyl sites for hydroxylation is 1. The fraction of sp³-hybridized carbons (Fsp3) is 0.250. The van der Waals surface area contributed by atoms with E-state index in [-0.39, 0.29) is 5.91 Å². The molecule has 1 aliphatic rings. The molecule has 1 aliphatic heterocycles. The van der Waals surface area contributed by atoms with E-state index in [1.165, 1.54) is 33.8 Å². The number of aromatic nitrogens is 1. The van der Waals surface area contributed by atoms with E-state index < -0.39 is 0 Å². The zero-order chi connectivity index (χ0) is 27.9. The highest BCUT2D eigenvalue weighted by Crippen LogP contribution is 2.31. The average molecular weight is 543 g/mol. The molecule has 1 N–H and O–H groups in total. The summed E-state index contributed by atoms with van der Waals surface area (Å²) in [5.74, 6) is -0.0850. The van der Waals surface area contributed by atoms with E-state index in [9.17, 15) is 4.79 Å². The number of rotatable bonds is 10. The van der Waals surface area contributed by atoms with Crippen LogP contribution in [0.15, 0.2) is 109 Å². The molecule has 5 nitrogen and oxygen atoms in total. The van der Waals surface area contributed by atoms with Crippen molar-refractivity contribution in [2.24, 2.45) is 0 Å². The molecular formula is C36H38N4O. The molecule has 0 bridgehead atoms. The first-order valence-electron chi connectivity index (χ1n) is 14.8. The molecule has 0 radical (unpaired) electrons. The number of amides is 1. The zero-order valence-electron chi connectivity index (χ0n) is 23.6. The minimum atomic E-state index is -0.0850. The van der Waals surface area contributed by atoms with Crippen molar-refractivity contribution in [1.29, 1.82) is 0 Å². The van der Waals surface area contributed by atoms with Crippen LogP contribution in [0.2, 0.25) is 0 Å². The number of hydrogen-bond donors (Lipinski definition) is 1. The molecule has 2 heterocycles. The quantitative estimate of drug-likeness (QED) is 0.190. The van der Waals surface area contributed by atoms with Gasteiger partial charge in [0, 0.05) is 72.3 Å². The summed E-state index contributed by atoms with van der Waals surface area (Å²) in [4.78, 5) is 17.9. The molecule has 5 heteroatoms. The molecule has 6 rings (SSSR count). The molecule has 1 amide bonds. The van der Waals surface area contributed by atoms with Crippen molar-refractivity contribution >= 4 is 39.5 Å². The molecule has 5 aromatic rings. The highest BCUT2D eigenvalue weighted by molar-refractivity contribution is 6.11. The Morgan fingerprint density at radius 3 is 2.15 bits per heavy atom. The minimum Gasteiger partial charge on any atom is -0.340 e. The fourth-order valence-electron chi connectivity index (χ4n) is 5.87. The van der Waals surface area contributed by atoms with Crippen molar-refractivity contribution in [3.63, 3.8) is 0 Å². The molecule has 41 heavy (non-hydrogen) atoms. The van der Waals surface area contributed by atoms with Crippen LogP contribution >= 0.6 is 0 Å². The van der Waals surface area contributed by atoms with Crippen molar-refractivity contribution in [2.45, 2.75) is 19.4 Å². The number of carbonyl (C=O) groups excluding carboxylic acids is 1. The predicted octanol–water partition coefficient (Wildman–Crippen LogP) is 7.16. The summed E-state index contributed by atoms with van der Waals surface area (Å²) in [6, 6.07) is 34.8. The van der Waals surface area contributed by atoms with Crippen LogP contribution in [0.1, 0.15) is 28.8 Å². The lowest BCUT2D eigenvalue weighted by Crippen LogP contribution is -2.46. The molecule has 4 aromatic carbocycles. The number of benzene rings is 4. The number of fused-ring (bicyclic) bond motifs is 3. The van der Waals surface area contributed by atoms with Gasteiger partial charge in [-0.2, -0.15) is 0 Å². The van der Waals surface area contributed by atoms with Gasteiger partial charge in [0.2, 0.25) is 0 Å². The fourth-order valence-corrected chi connectivity index (χ4v) is 5.87. The SMILES string of the molecule is O=C(Nc1ccc2c(c1)c1ccccc1n2CCCCN1CCN(C/C=C/c2ccccc2)CC1)c1ccccc1. The summed E-state index contributed by atoms with van der Waals surface area (Å²) in [5.41, 5.74) is 5.23. The molecule has 0 saturated carbocycles. The molecule has 0 atom stereocenters. The van der Waals surface area contributed by atoms with Gasteiger partial charge in [-0.15, -0.1) is 0 Å². The van der Waals surface area contributed by atoms with Crippen LogP contribution in [0.4, 0.5) is 5.69 Å². The maximum Gasteiger partial charge on any atom is 0.255 e. The van der Waals surface area contributed by atoms with Gasteiger partial charge in [-0.25, -0.2) is 0 Å². The first-order valence-corrected chi connectivity index (χ1v) is 14.8. The Morgan fingerprint density at radius 2 is 1.34 bits per heavy atom. The minimum absolute atomic E-state index is 0.0850. The van der Waals surface area contributed by atoms with Crippen molar-refractivity contribution < 1.29 is 4.79 Å². The number of unbranched alkanes of at least 4 members (excludes halogenated alkanes) is 1. The highest BCUT2D eigenvalue weighted by atomic mass is 16.1. The number of hydrogen-bond acceptors (Lipinski definition) is 3. The maximum atomic E-state index is 12.7. The van der Waals surface area contributed by atoms with Crippen molar-refractivity contribution in [3.05, 3.63) is 120 Å². The second-order valence-electron chi connectivity index (χ2n) is 10.9. The van der Waals surface area contributed by atoms with Crippen LogP contribution in [0.3, 0.4) is 0 Å². The first-order chi connectivity index (χ1) is 20.2. The van der Waals surface area contributed by atoms with E-state index in [1.54, 1.807) is 0 Å². The molecule has 0 spiro atoms. The Morgan fingerprint density at radius 1 is 0.683 bits per heavy atom. The number of para-hydroxylation sites is 1. The lowest BCUT2D eigenvalue weighted by Gasteiger charge is -2.34. The molecule has 1 saturated heterocycles. The van der Waals surface area contributed by atoms with Gasteiger partial charge in [-0.1, -0.05) is 78.9 Å². The summed E-state index contributed by atoms with van der Waals surface area (Å²) < 4.78 is 2.45. The van der Waals surface area contributed by atoms with E-state index in [0.717, 1.165) is 57.9 Å². The smallest absolute Gasteiger partial charge is 0.255 e. The summed E-state index contributed by atoms with van der Waals surface area (Å²) in [6.45, 7) is 7.72. The topological polar surface area (TPSA) is 40.5 Å². The van der Waals surface area contributed by atoms with Crippen LogP contribution < -0.4 is 5.32 Å². The highest BCUT2D eigenvalue weighted by Gasteiger charge is 2.16. The Balaban J connectivity index is 1.03. The van der Waals surface area contributed by atoms with Gasteiger partial charge in [0.05, 0.1) is 0 Å². The molecule has 208 valence electrons. The number of anilines is 1. The first kappa shape index (κ1) is 27.0. The largest absolute Gasteiger partial charge is 0.340 e. The predicted molar refractivity (Wildman–Crippen MR) is 171 cm³/mol. The third kappa shape index (κ3) is 6.59. The molecule has 0 unspecified atom stereocenters. The van der Waals surface area contributed by atoms with E-state index in [2.05, 4.69) is 98.6 Å². The molecule has 1 fully saturated rings. The summed E-state index contributed by atoms with van der Waals surface area (Å²) in [7, 11) is 0. The second kappa shape index (κ2) is 13.0. The monoisotopic (exact) mass is 542 g/mol. The van der Waals surface area contributed by atoms with E-state index >= 15 is 0 Å². The van der Waals surface area contributed by atoms with Crippen LogP contribution in [0.25, 0.3) is 27.9 Å². The number of carbonyl (C=O) groups is 1. The lowest BCUT2D eigenvalue weighted by atomic mass is 10.1. The van der Waals surface area contributed by atoms with E-state index in [1.807, 2.05) is 36.4 Å². The average Bonchev–Trinajstić information content (AvgIpc) is 3.34. The Kier molecular flexibility index (Phi) is 8.55. The summed E-state index contributed by atoms with van der Waals surface area (Å²) in [5, 5.41) is 5.49. The van der Waals surface area contributed by atoms with Gasteiger partial charge >= 0.3 is 0 Å². The number of nitrogens with one attached hydrogen (secondary N) is 1. The lowest BCUT2D eigenvalue weighted by molar-refractivity contribution is 0.102. The normalized spacial score (nSPS) is 14.7. The van der Waals surface area contributed by atoms with E-state index in [0.29, 0.717) is 5.56 Å². The Labute approximate surface area is 242 Å². The third-order valence-electron chi connectivity index (χ3n) is 8.11. The summed E-state index contributed by atoms with van der Waals surface area (Å²) >= 11 is 0. The van der Waals surface area contributed by atoms with Gasteiger partial charge in [-0.3, -0.25) is 9.69 Å². The van der Waals surface area contributed by atoms with E-state index in [4.69, 9.17) is 0 Å². The maximum absolute atomic E-state index is 12.7. The van der Waals surface area contributed by atoms with Crippen molar-refractivity contribution in [1.82, 2.24) is 14.4 Å². The zero-order valence-corrected chi connectivity index (χ0v) is 23.6. The van der Waals surface area contributed by atoms with Crippen LogP contribution in [0.5, 0.6) is 0 Å². The van der Waals surface area contributed by atoms with Crippen LogP contribution in [-0.4, -0.2) is 59.5 Å². The van der Waals surface area contributed by atoms with Gasteiger partial charge in [0.1, 0.15) is 0 Å². The Hall–Kier alpha value is -4.19. The van der Waals surface area contributed by atoms with Crippen molar-refractivity contribution in [3.8, 4) is 0 Å². The number of nitrogens with zero attached hydrogens (tertiary/aromatic N) is 3. The van der Waals surface area contributed by atoms with Crippen LogP contribution in [0, 0.1) is 0 Å². The third-order valence-corrected chi connectivity index (χ3v) is 8.11. The summed E-state index contributed by atoms with van der Waals surface area (Å²) in [6.07, 6.45) is 6.84. The molecule has 0 aliphatic carbocycles. The molecular weight excluding hydrogens is 504 g/mol. The van der Waals surface area contributed by atoms with Crippen LogP contribution in [-0.2, 0) is 6.54 Å². The standard InChI is InChI=1S/C36H38N4O/c41-36(30-15-5-2-6-16-30)37-31-19-20-35-33(28-31)32-17-7-8-18-34(32)40(35)23-10-9-21-38-24-26-39(27-25-38)22-11-14-29-12-3-1-4-13-29/h1-8,11-20,28H,9-10,21-27H2,(H,37,41)/b14-11+. The van der Waals surface area contributed by atoms with Crippen molar-refractivity contribution in [2.75, 3.05) is 44.6 Å².